The van der Waals surface area contributed by atoms with Gasteiger partial charge in [0.25, 0.3) is 5.56 Å². The van der Waals surface area contributed by atoms with Gasteiger partial charge in [-0.15, -0.1) is 11.6 Å². The molecule has 0 aliphatic rings. The van der Waals surface area contributed by atoms with Gasteiger partial charge in [0.1, 0.15) is 9.22 Å². The summed E-state index contributed by atoms with van der Waals surface area (Å²) in [5, 5.41) is 0. The fraction of sp³-hybridized carbons (Fsp3) is 0.111. The van der Waals surface area contributed by atoms with E-state index in [0.29, 0.717) is 14.9 Å². The van der Waals surface area contributed by atoms with Crippen LogP contribution in [-0.4, -0.2) is 9.38 Å². The van der Waals surface area contributed by atoms with Gasteiger partial charge in [0.2, 0.25) is 0 Å². The molecule has 0 saturated carbocycles. The molecule has 0 N–H and O–H groups in total. The van der Waals surface area contributed by atoms with E-state index in [-0.39, 0.29) is 11.4 Å². The van der Waals surface area contributed by atoms with Crippen LogP contribution in [0, 0.1) is 3.57 Å². The molecule has 2 rings (SSSR count). The van der Waals surface area contributed by atoms with Crippen molar-refractivity contribution in [2.45, 2.75) is 5.88 Å². The highest BCUT2D eigenvalue weighted by Crippen LogP contribution is 2.09. The highest BCUT2D eigenvalue weighted by Gasteiger charge is 2.07. The first-order valence-corrected chi connectivity index (χ1v) is 5.57. The zero-order valence-corrected chi connectivity index (χ0v) is 9.99. The minimum Gasteiger partial charge on any atom is -0.268 e. The third-order valence-corrected chi connectivity index (χ3v) is 3.21. The highest BCUT2D eigenvalue weighted by molar-refractivity contribution is 14.1. The molecular weight excluding hydrogens is 314 g/mol. The lowest BCUT2D eigenvalue weighted by molar-refractivity contribution is 0.991. The van der Waals surface area contributed by atoms with Crippen molar-refractivity contribution in [2.24, 2.45) is 0 Å². The molecule has 0 unspecified atom stereocenters. The molecule has 0 bridgehead atoms. The average Bonchev–Trinajstić information content (AvgIpc) is 2.23. The van der Waals surface area contributed by atoms with Crippen LogP contribution < -0.4 is 5.56 Å². The van der Waals surface area contributed by atoms with Gasteiger partial charge in [-0.3, -0.25) is 9.20 Å². The summed E-state index contributed by atoms with van der Waals surface area (Å²) in [6, 6.07) is 5.42. The number of alkyl halides is 1. The van der Waals surface area contributed by atoms with E-state index in [9.17, 15) is 4.79 Å². The van der Waals surface area contributed by atoms with Crippen LogP contribution in [-0.2, 0) is 5.88 Å². The summed E-state index contributed by atoms with van der Waals surface area (Å²) in [5.41, 5.74) is 1.21. The normalized spacial score (nSPS) is 10.7. The van der Waals surface area contributed by atoms with Crippen molar-refractivity contribution < 1.29 is 0 Å². The number of hydrogen-bond acceptors (Lipinski definition) is 2. The van der Waals surface area contributed by atoms with Gasteiger partial charge < -0.3 is 0 Å². The molecule has 3 nitrogen and oxygen atoms in total. The molecule has 5 heteroatoms. The molecule has 0 spiro atoms. The zero-order valence-electron chi connectivity index (χ0n) is 7.08. The Balaban J connectivity index is 2.92. The van der Waals surface area contributed by atoms with Crippen molar-refractivity contribution in [1.29, 1.82) is 0 Å². The average molecular weight is 321 g/mol. The number of aromatic nitrogens is 2. The molecular formula is C9H6ClIN2O. The molecule has 0 aromatic carbocycles. The van der Waals surface area contributed by atoms with Gasteiger partial charge in [0, 0.05) is 6.20 Å². The first kappa shape index (κ1) is 9.92. The van der Waals surface area contributed by atoms with Crippen molar-refractivity contribution in [3.8, 4) is 0 Å². The molecule has 0 aliphatic carbocycles. The Labute approximate surface area is 98.9 Å². The second kappa shape index (κ2) is 3.86. The fourth-order valence-electron chi connectivity index (χ4n) is 1.20. The molecule has 0 saturated heterocycles. The van der Waals surface area contributed by atoms with Gasteiger partial charge in [-0.1, -0.05) is 6.07 Å². The molecule has 0 aliphatic heterocycles. The lowest BCUT2D eigenvalue weighted by Crippen LogP contribution is -2.19. The van der Waals surface area contributed by atoms with E-state index < -0.39 is 0 Å². The molecule has 2 aromatic heterocycles. The fourth-order valence-corrected chi connectivity index (χ4v) is 2.19. The van der Waals surface area contributed by atoms with Crippen LogP contribution >= 0.6 is 34.2 Å². The summed E-state index contributed by atoms with van der Waals surface area (Å²) in [7, 11) is 0. The maximum atomic E-state index is 11.8. The molecule has 0 radical (unpaired) electrons. The van der Waals surface area contributed by atoms with E-state index in [1.54, 1.807) is 18.3 Å². The van der Waals surface area contributed by atoms with E-state index in [0.717, 1.165) is 0 Å². The van der Waals surface area contributed by atoms with Crippen molar-refractivity contribution >= 4 is 39.8 Å². The Bertz CT molecular complexity index is 538. The minimum atomic E-state index is -0.0631. The SMILES string of the molecule is O=c1c(I)c(CCl)nc2ccccn12. The first-order chi connectivity index (χ1) is 6.74. The predicted octanol–water partition coefficient (Wildman–Crippen LogP) is 2.04. The van der Waals surface area contributed by atoms with Crippen LogP contribution in [0.1, 0.15) is 5.69 Å². The summed E-state index contributed by atoms with van der Waals surface area (Å²) < 4.78 is 2.10. The van der Waals surface area contributed by atoms with Gasteiger partial charge in [0.15, 0.2) is 0 Å². The third kappa shape index (κ3) is 1.52. The van der Waals surface area contributed by atoms with E-state index in [1.165, 1.54) is 4.40 Å². The molecule has 14 heavy (non-hydrogen) atoms. The Morgan fingerprint density at radius 2 is 2.29 bits per heavy atom. The molecule has 2 aromatic rings. The number of nitrogens with zero attached hydrogens (tertiary/aromatic N) is 2. The highest BCUT2D eigenvalue weighted by atomic mass is 127. The van der Waals surface area contributed by atoms with Crippen LogP contribution in [0.2, 0.25) is 0 Å². The topological polar surface area (TPSA) is 34.4 Å². The Kier molecular flexibility index (Phi) is 2.73. The number of rotatable bonds is 1. The summed E-state index contributed by atoms with van der Waals surface area (Å²) in [4.78, 5) is 16.0. The zero-order chi connectivity index (χ0) is 10.1. The lowest BCUT2D eigenvalue weighted by atomic mass is 10.4. The van der Waals surface area contributed by atoms with Crippen LogP contribution in [0.4, 0.5) is 0 Å². The maximum Gasteiger partial charge on any atom is 0.271 e. The summed E-state index contributed by atoms with van der Waals surface area (Å²) in [6.45, 7) is 0. The summed E-state index contributed by atoms with van der Waals surface area (Å²) in [5.74, 6) is 0.263. The Morgan fingerprint density at radius 1 is 1.50 bits per heavy atom. The molecule has 2 heterocycles. The number of fused-ring (bicyclic) bond motifs is 1. The molecule has 0 amide bonds. The lowest BCUT2D eigenvalue weighted by Gasteiger charge is -2.03. The van der Waals surface area contributed by atoms with Gasteiger partial charge in [-0.2, -0.15) is 0 Å². The van der Waals surface area contributed by atoms with E-state index in [2.05, 4.69) is 4.98 Å². The van der Waals surface area contributed by atoms with Gasteiger partial charge >= 0.3 is 0 Å². The molecule has 0 atom stereocenters. The Morgan fingerprint density at radius 3 is 3.00 bits per heavy atom. The van der Waals surface area contributed by atoms with Crippen LogP contribution in [0.5, 0.6) is 0 Å². The largest absolute Gasteiger partial charge is 0.271 e. The van der Waals surface area contributed by atoms with E-state index >= 15 is 0 Å². The third-order valence-electron chi connectivity index (χ3n) is 1.87. The van der Waals surface area contributed by atoms with Crippen molar-refractivity contribution in [2.75, 3.05) is 0 Å². The van der Waals surface area contributed by atoms with Crippen LogP contribution in [0.15, 0.2) is 29.2 Å². The summed E-state index contributed by atoms with van der Waals surface area (Å²) >= 11 is 7.66. The minimum absolute atomic E-state index is 0.0631. The quantitative estimate of drug-likeness (QED) is 0.595. The summed E-state index contributed by atoms with van der Waals surface area (Å²) in [6.07, 6.45) is 1.70. The monoisotopic (exact) mass is 320 g/mol. The van der Waals surface area contributed by atoms with E-state index in [4.69, 9.17) is 11.6 Å². The van der Waals surface area contributed by atoms with Crippen LogP contribution in [0.3, 0.4) is 0 Å². The predicted molar refractivity (Wildman–Crippen MR) is 63.7 cm³/mol. The first-order valence-electron chi connectivity index (χ1n) is 3.96. The molecule has 0 fully saturated rings. The van der Waals surface area contributed by atoms with Crippen LogP contribution in [0.25, 0.3) is 5.65 Å². The second-order valence-corrected chi connectivity index (χ2v) is 4.09. The van der Waals surface area contributed by atoms with Crippen molar-refractivity contribution in [3.63, 3.8) is 0 Å². The van der Waals surface area contributed by atoms with Gasteiger partial charge in [0.05, 0.1) is 11.6 Å². The number of hydrogen-bond donors (Lipinski definition) is 0. The van der Waals surface area contributed by atoms with Gasteiger partial charge in [-0.25, -0.2) is 4.98 Å². The van der Waals surface area contributed by atoms with Gasteiger partial charge in [-0.05, 0) is 34.7 Å². The second-order valence-electron chi connectivity index (χ2n) is 2.74. The smallest absolute Gasteiger partial charge is 0.268 e. The number of pyridine rings is 1. The van der Waals surface area contributed by atoms with E-state index in [1.807, 2.05) is 28.7 Å². The number of halogens is 2. The maximum absolute atomic E-state index is 11.8. The Hall–Kier alpha value is -0.620. The molecule has 72 valence electrons. The standard InChI is InChI=1S/C9H6ClIN2O/c10-5-6-8(11)9(14)13-4-2-1-3-7(13)12-6/h1-4H,5H2. The van der Waals surface area contributed by atoms with Crippen molar-refractivity contribution in [1.82, 2.24) is 9.38 Å². The van der Waals surface area contributed by atoms with Crippen molar-refractivity contribution in [3.05, 3.63) is 44.0 Å².